The number of alkyl halides is 5. The molecule has 0 fully saturated rings. The molecule has 1 amide bonds. The molecule has 1 atom stereocenters. The molecule has 9 heteroatoms. The molecule has 0 aromatic heterocycles. The van der Waals surface area contributed by atoms with Crippen LogP contribution in [0.2, 0.25) is 0 Å². The first-order valence-corrected chi connectivity index (χ1v) is 5.35. The maximum Gasteiger partial charge on any atom is 0.383 e. The van der Waals surface area contributed by atoms with Crippen LogP contribution in [0.4, 0.5) is 17.6 Å². The Hall–Kier alpha value is -0.890. The highest BCUT2D eigenvalue weighted by molar-refractivity contribution is 6.28. The van der Waals surface area contributed by atoms with E-state index in [9.17, 15) is 27.2 Å². The van der Waals surface area contributed by atoms with Gasteiger partial charge in [-0.25, -0.2) is 8.78 Å². The lowest BCUT2D eigenvalue weighted by atomic mass is 10.1. The average Bonchev–Trinajstić information content (AvgIpc) is 2.32. The van der Waals surface area contributed by atoms with Gasteiger partial charge in [-0.3, -0.25) is 9.59 Å². The number of carbonyl (C=O) groups is 2. The smallest absolute Gasteiger partial charge is 0.383 e. The number of amides is 1. The van der Waals surface area contributed by atoms with Crippen molar-refractivity contribution in [3.8, 4) is 0 Å². The van der Waals surface area contributed by atoms with Crippen LogP contribution in [0.5, 0.6) is 0 Å². The number of carbonyl (C=O) groups excluding carboxylic acids is 2. The van der Waals surface area contributed by atoms with Crippen molar-refractivity contribution in [1.82, 2.24) is 5.32 Å². The van der Waals surface area contributed by atoms with E-state index in [4.69, 9.17) is 11.6 Å². The van der Waals surface area contributed by atoms with Crippen LogP contribution in [0.15, 0.2) is 0 Å². The summed E-state index contributed by atoms with van der Waals surface area (Å²) in [6, 6.07) is -1.38. The highest BCUT2D eigenvalue weighted by Crippen LogP contribution is 2.23. The Morgan fingerprint density at radius 1 is 1.39 bits per heavy atom. The predicted molar refractivity (Wildman–Crippen MR) is 55.1 cm³/mol. The zero-order valence-electron chi connectivity index (χ0n) is 9.39. The van der Waals surface area contributed by atoms with E-state index in [2.05, 4.69) is 4.74 Å². The van der Waals surface area contributed by atoms with Gasteiger partial charge in [-0.2, -0.15) is 8.78 Å². The maximum atomic E-state index is 12.7. The van der Waals surface area contributed by atoms with Gasteiger partial charge in [-0.05, 0) is 6.42 Å². The molecule has 0 aliphatic rings. The third kappa shape index (κ3) is 4.77. The highest BCUT2D eigenvalue weighted by Gasteiger charge is 2.49. The first-order valence-electron chi connectivity index (χ1n) is 4.81. The summed E-state index contributed by atoms with van der Waals surface area (Å²) in [6.45, 7) is -0.0200. The van der Waals surface area contributed by atoms with Crippen LogP contribution in [0, 0.1) is 0 Å². The van der Waals surface area contributed by atoms with E-state index in [0.717, 1.165) is 0 Å². The predicted octanol–water partition coefficient (Wildman–Crippen LogP) is 1.22. The molecule has 18 heavy (non-hydrogen) atoms. The van der Waals surface area contributed by atoms with Gasteiger partial charge in [0.05, 0.1) is 11.9 Å². The number of hydrogen-bond donors (Lipinski definition) is 1. The van der Waals surface area contributed by atoms with E-state index in [0.29, 0.717) is 0 Å². The van der Waals surface area contributed by atoms with Crippen molar-refractivity contribution in [1.29, 1.82) is 0 Å². The maximum absolute atomic E-state index is 12.7. The number of Topliss-reactive ketones (excluding diaryl/α,β-unsaturated/α-hetero) is 1. The molecule has 0 spiro atoms. The first-order chi connectivity index (χ1) is 8.27. The molecule has 0 saturated heterocycles. The summed E-state index contributed by atoms with van der Waals surface area (Å²) in [7, 11) is 1.29. The normalized spacial score (nSPS) is 13.5. The molecule has 106 valence electrons. The molecular formula is C9H12ClF4NO3. The minimum absolute atomic E-state index is 0.0200. The van der Waals surface area contributed by atoms with E-state index in [1.807, 2.05) is 0 Å². The molecule has 0 rings (SSSR count). The number of nitrogens with one attached hydrogen (secondary N) is 1. The average molecular weight is 294 g/mol. The molecular weight excluding hydrogens is 282 g/mol. The van der Waals surface area contributed by atoms with E-state index in [1.54, 1.807) is 5.32 Å². The fourth-order valence-corrected chi connectivity index (χ4v) is 1.18. The lowest BCUT2D eigenvalue weighted by Gasteiger charge is -2.20. The van der Waals surface area contributed by atoms with E-state index in [1.165, 1.54) is 7.11 Å². The van der Waals surface area contributed by atoms with Crippen molar-refractivity contribution in [2.75, 3.05) is 19.6 Å². The fraction of sp³-hybridized carbons (Fsp3) is 0.778. The minimum Gasteiger partial charge on any atom is -0.385 e. The van der Waals surface area contributed by atoms with Crippen LogP contribution < -0.4 is 5.32 Å². The van der Waals surface area contributed by atoms with E-state index < -0.39 is 36.0 Å². The molecule has 4 nitrogen and oxygen atoms in total. The number of ether oxygens (including phenoxy) is 1. The topological polar surface area (TPSA) is 55.4 Å². The molecule has 0 aliphatic carbocycles. The van der Waals surface area contributed by atoms with Crippen LogP contribution in [-0.2, 0) is 14.3 Å². The van der Waals surface area contributed by atoms with Crippen molar-refractivity contribution >= 4 is 23.3 Å². The number of rotatable bonds is 8. The third-order valence-electron chi connectivity index (χ3n) is 2.01. The van der Waals surface area contributed by atoms with Crippen LogP contribution in [0.1, 0.15) is 6.42 Å². The van der Waals surface area contributed by atoms with Crippen molar-refractivity contribution in [3.05, 3.63) is 0 Å². The molecule has 0 aliphatic heterocycles. The largest absolute Gasteiger partial charge is 0.385 e. The third-order valence-corrected chi connectivity index (χ3v) is 2.28. The van der Waals surface area contributed by atoms with Gasteiger partial charge >= 0.3 is 12.3 Å². The second-order valence-corrected chi connectivity index (χ2v) is 3.60. The molecule has 0 aromatic rings. The Bertz CT molecular complexity index is 302. The van der Waals surface area contributed by atoms with Crippen LogP contribution >= 0.6 is 11.6 Å². The quantitative estimate of drug-likeness (QED) is 0.541. The van der Waals surface area contributed by atoms with Crippen LogP contribution in [-0.4, -0.2) is 49.7 Å². The van der Waals surface area contributed by atoms with Crippen molar-refractivity contribution in [3.63, 3.8) is 0 Å². The number of hydrogen-bond acceptors (Lipinski definition) is 3. The summed E-state index contributed by atoms with van der Waals surface area (Å²) in [5.41, 5.74) is 0. The van der Waals surface area contributed by atoms with Gasteiger partial charge in [0.15, 0.2) is 5.78 Å². The summed E-state index contributed by atoms with van der Waals surface area (Å²) in [5.74, 6) is -8.35. The minimum atomic E-state index is -4.85. The number of ketones is 1. The number of halogens is 5. The highest BCUT2D eigenvalue weighted by atomic mass is 35.5. The Kier molecular flexibility index (Phi) is 7.15. The Balaban J connectivity index is 4.67. The summed E-state index contributed by atoms with van der Waals surface area (Å²) in [6.07, 6.45) is -4.28. The molecule has 0 saturated carbocycles. The molecule has 0 heterocycles. The zero-order valence-corrected chi connectivity index (χ0v) is 10.1. The Morgan fingerprint density at radius 3 is 2.33 bits per heavy atom. The molecule has 0 aromatic carbocycles. The summed E-state index contributed by atoms with van der Waals surface area (Å²) >= 11 is 5.21. The van der Waals surface area contributed by atoms with Crippen molar-refractivity contribution in [2.24, 2.45) is 0 Å². The lowest BCUT2D eigenvalue weighted by Crippen LogP contribution is -2.51. The zero-order chi connectivity index (χ0) is 14.3. The Morgan fingerprint density at radius 2 is 1.94 bits per heavy atom. The van der Waals surface area contributed by atoms with Gasteiger partial charge in [-0.1, -0.05) is 0 Å². The molecule has 0 radical (unpaired) electrons. The Labute approximate surface area is 106 Å². The summed E-state index contributed by atoms with van der Waals surface area (Å²) in [5, 5.41) is 1.54. The summed E-state index contributed by atoms with van der Waals surface area (Å²) < 4.78 is 53.7. The fourth-order valence-electron chi connectivity index (χ4n) is 0.996. The molecule has 1 unspecified atom stereocenters. The van der Waals surface area contributed by atoms with Crippen molar-refractivity contribution < 1.29 is 31.9 Å². The standard InChI is InChI=1S/C9H12ClF4NO3/c1-18-3-2-5(6(16)4-10)15-8(17)9(13,14)7(11)12/h5,7H,2-4H2,1H3,(H,15,17). The van der Waals surface area contributed by atoms with Gasteiger partial charge in [0.25, 0.3) is 5.91 Å². The lowest BCUT2D eigenvalue weighted by molar-refractivity contribution is -0.170. The molecule has 1 N–H and O–H groups in total. The first kappa shape index (κ1) is 17.1. The van der Waals surface area contributed by atoms with Crippen LogP contribution in [0.3, 0.4) is 0 Å². The van der Waals surface area contributed by atoms with E-state index >= 15 is 0 Å². The van der Waals surface area contributed by atoms with E-state index in [-0.39, 0.29) is 13.0 Å². The van der Waals surface area contributed by atoms with Gasteiger partial charge in [0.2, 0.25) is 0 Å². The monoisotopic (exact) mass is 293 g/mol. The summed E-state index contributed by atoms with van der Waals surface area (Å²) in [4.78, 5) is 22.1. The second-order valence-electron chi connectivity index (χ2n) is 3.33. The van der Waals surface area contributed by atoms with Crippen LogP contribution in [0.25, 0.3) is 0 Å². The van der Waals surface area contributed by atoms with Gasteiger partial charge in [0, 0.05) is 13.7 Å². The van der Waals surface area contributed by atoms with Gasteiger partial charge in [-0.15, -0.1) is 11.6 Å². The SMILES string of the molecule is COCCC(NC(=O)C(F)(F)C(F)F)C(=O)CCl. The number of methoxy groups -OCH3 is 1. The molecule has 0 bridgehead atoms. The van der Waals surface area contributed by atoms with Gasteiger partial charge < -0.3 is 10.1 Å². The van der Waals surface area contributed by atoms with Crippen molar-refractivity contribution in [2.45, 2.75) is 24.8 Å². The van der Waals surface area contributed by atoms with Gasteiger partial charge in [0.1, 0.15) is 0 Å². The second kappa shape index (κ2) is 7.52.